The van der Waals surface area contributed by atoms with Crippen LogP contribution >= 0.6 is 11.6 Å². The van der Waals surface area contributed by atoms with Gasteiger partial charge in [-0.15, -0.1) is 0 Å². The fraction of sp³-hybridized carbons (Fsp3) is 0.118. The Bertz CT molecular complexity index is 745. The van der Waals surface area contributed by atoms with E-state index in [0.717, 1.165) is 5.56 Å². The van der Waals surface area contributed by atoms with Crippen molar-refractivity contribution in [2.24, 2.45) is 5.10 Å². The highest BCUT2D eigenvalue weighted by Gasteiger charge is 2.08. The first-order chi connectivity index (χ1) is 11.6. The van der Waals surface area contributed by atoms with Gasteiger partial charge in [-0.25, -0.2) is 5.43 Å². The van der Waals surface area contributed by atoms with E-state index in [2.05, 4.69) is 15.8 Å². The smallest absolute Gasteiger partial charge is 0.259 e. The van der Waals surface area contributed by atoms with Crippen LogP contribution < -0.4 is 15.5 Å². The number of carbonyl (C=O) groups excluding carboxylic acids is 2. The summed E-state index contributed by atoms with van der Waals surface area (Å²) < 4.78 is 5.05. The summed E-state index contributed by atoms with van der Waals surface area (Å²) in [7, 11) is 1.52. The van der Waals surface area contributed by atoms with Crippen molar-refractivity contribution in [3.63, 3.8) is 0 Å². The minimum absolute atomic E-state index is 0.187. The number of hydrogen-bond donors (Lipinski definition) is 2. The van der Waals surface area contributed by atoms with Gasteiger partial charge in [0.1, 0.15) is 5.75 Å². The molecule has 2 aromatic rings. The molecule has 0 saturated carbocycles. The molecule has 0 unspecified atom stereocenters. The van der Waals surface area contributed by atoms with Gasteiger partial charge in [0.15, 0.2) is 0 Å². The van der Waals surface area contributed by atoms with Gasteiger partial charge in [-0.1, -0.05) is 29.8 Å². The highest BCUT2D eigenvalue weighted by Crippen LogP contribution is 2.12. The molecule has 0 aliphatic heterocycles. The van der Waals surface area contributed by atoms with Gasteiger partial charge in [0.2, 0.25) is 0 Å². The topological polar surface area (TPSA) is 79.8 Å². The third-order valence-corrected chi connectivity index (χ3v) is 3.27. The van der Waals surface area contributed by atoms with Gasteiger partial charge in [0.25, 0.3) is 11.8 Å². The maximum atomic E-state index is 11.9. The average molecular weight is 346 g/mol. The van der Waals surface area contributed by atoms with E-state index < -0.39 is 5.91 Å². The monoisotopic (exact) mass is 345 g/mol. The summed E-state index contributed by atoms with van der Waals surface area (Å²) in [5, 5.41) is 6.94. The van der Waals surface area contributed by atoms with Crippen LogP contribution in [0.4, 0.5) is 0 Å². The van der Waals surface area contributed by atoms with Crippen molar-refractivity contribution in [3.05, 3.63) is 64.7 Å². The van der Waals surface area contributed by atoms with Crippen LogP contribution in [-0.4, -0.2) is 31.7 Å². The van der Waals surface area contributed by atoms with E-state index in [4.69, 9.17) is 16.3 Å². The van der Waals surface area contributed by atoms with Crippen LogP contribution in [0.25, 0.3) is 0 Å². The Labute approximate surface area is 144 Å². The molecular formula is C17H16ClN3O3. The first kappa shape index (κ1) is 17.5. The molecule has 0 aromatic heterocycles. The van der Waals surface area contributed by atoms with Crippen molar-refractivity contribution < 1.29 is 14.3 Å². The average Bonchev–Trinajstić information content (AvgIpc) is 2.61. The van der Waals surface area contributed by atoms with Gasteiger partial charge in [0, 0.05) is 10.6 Å². The lowest BCUT2D eigenvalue weighted by molar-refractivity contribution is -0.120. The summed E-state index contributed by atoms with van der Waals surface area (Å²) in [6, 6.07) is 13.6. The van der Waals surface area contributed by atoms with Gasteiger partial charge < -0.3 is 10.1 Å². The molecule has 2 amide bonds. The molecule has 24 heavy (non-hydrogen) atoms. The third kappa shape index (κ3) is 5.40. The van der Waals surface area contributed by atoms with E-state index in [1.165, 1.54) is 13.3 Å². The Morgan fingerprint density at radius 2 is 1.96 bits per heavy atom. The Kier molecular flexibility index (Phi) is 6.33. The lowest BCUT2D eigenvalue weighted by Crippen LogP contribution is -2.34. The van der Waals surface area contributed by atoms with Gasteiger partial charge in [-0.3, -0.25) is 9.59 Å². The van der Waals surface area contributed by atoms with E-state index in [1.807, 2.05) is 0 Å². The predicted octanol–water partition coefficient (Wildman–Crippen LogP) is 2.23. The molecule has 0 fully saturated rings. The first-order valence-electron chi connectivity index (χ1n) is 7.08. The molecular weight excluding hydrogens is 330 g/mol. The summed E-state index contributed by atoms with van der Waals surface area (Å²) in [5.41, 5.74) is 3.53. The number of halogens is 1. The highest BCUT2D eigenvalue weighted by atomic mass is 35.5. The predicted molar refractivity (Wildman–Crippen MR) is 92.5 cm³/mol. The first-order valence-corrected chi connectivity index (χ1v) is 7.46. The highest BCUT2D eigenvalue weighted by molar-refractivity contribution is 6.30. The zero-order valence-electron chi connectivity index (χ0n) is 13.0. The Morgan fingerprint density at radius 1 is 1.21 bits per heavy atom. The van der Waals surface area contributed by atoms with Crippen molar-refractivity contribution >= 4 is 29.6 Å². The van der Waals surface area contributed by atoms with E-state index in [-0.39, 0.29) is 12.5 Å². The van der Waals surface area contributed by atoms with Gasteiger partial charge >= 0.3 is 0 Å². The minimum Gasteiger partial charge on any atom is -0.497 e. The van der Waals surface area contributed by atoms with Crippen LogP contribution in [0.3, 0.4) is 0 Å². The zero-order valence-corrected chi connectivity index (χ0v) is 13.7. The number of hydrazone groups is 1. The molecule has 124 valence electrons. The summed E-state index contributed by atoms with van der Waals surface area (Å²) in [6.07, 6.45) is 1.48. The molecule has 2 rings (SSSR count). The molecule has 7 heteroatoms. The second-order valence-corrected chi connectivity index (χ2v) is 5.20. The molecule has 6 nitrogen and oxygen atoms in total. The van der Waals surface area contributed by atoms with Gasteiger partial charge in [0.05, 0.1) is 19.9 Å². The van der Waals surface area contributed by atoms with Crippen molar-refractivity contribution in [1.82, 2.24) is 10.7 Å². The maximum absolute atomic E-state index is 11.9. The molecule has 0 aliphatic rings. The normalized spacial score (nSPS) is 10.4. The molecule has 0 bridgehead atoms. The second-order valence-electron chi connectivity index (χ2n) is 4.76. The number of carbonyl (C=O) groups is 2. The van der Waals surface area contributed by atoms with Crippen LogP contribution in [0.1, 0.15) is 15.9 Å². The number of ether oxygens (including phenoxy) is 1. The summed E-state index contributed by atoms with van der Waals surface area (Å²) >= 11 is 5.77. The number of amides is 2. The lowest BCUT2D eigenvalue weighted by atomic mass is 10.2. The standard InChI is InChI=1S/C17H16ClN3O3/c1-24-15-4-2-3-13(9-15)17(23)19-11-16(22)21-20-10-12-5-7-14(18)8-6-12/h2-10H,11H2,1H3,(H,19,23)(H,21,22)/b20-10+. The van der Waals surface area contributed by atoms with E-state index in [1.54, 1.807) is 48.5 Å². The summed E-state index contributed by atoms with van der Waals surface area (Å²) in [4.78, 5) is 23.6. The largest absolute Gasteiger partial charge is 0.497 e. The van der Waals surface area contributed by atoms with E-state index in [0.29, 0.717) is 16.3 Å². The third-order valence-electron chi connectivity index (χ3n) is 3.01. The van der Waals surface area contributed by atoms with Crippen LogP contribution in [0.2, 0.25) is 5.02 Å². The van der Waals surface area contributed by atoms with Crippen molar-refractivity contribution in [1.29, 1.82) is 0 Å². The van der Waals surface area contributed by atoms with Gasteiger partial charge in [-0.2, -0.15) is 5.10 Å². The molecule has 2 N–H and O–H groups in total. The molecule has 2 aromatic carbocycles. The molecule has 0 heterocycles. The molecule has 0 aliphatic carbocycles. The van der Waals surface area contributed by atoms with Crippen LogP contribution in [0.15, 0.2) is 53.6 Å². The number of benzene rings is 2. The maximum Gasteiger partial charge on any atom is 0.259 e. The zero-order chi connectivity index (χ0) is 17.4. The van der Waals surface area contributed by atoms with Crippen molar-refractivity contribution in [2.45, 2.75) is 0 Å². The van der Waals surface area contributed by atoms with Crippen molar-refractivity contribution in [3.8, 4) is 5.75 Å². The van der Waals surface area contributed by atoms with Crippen LogP contribution in [0.5, 0.6) is 5.75 Å². The second kappa shape index (κ2) is 8.69. The number of hydrogen-bond acceptors (Lipinski definition) is 4. The SMILES string of the molecule is COc1cccc(C(=O)NCC(=O)N/N=C/c2ccc(Cl)cc2)c1. The number of nitrogens with zero attached hydrogens (tertiary/aromatic N) is 1. The van der Waals surface area contributed by atoms with E-state index >= 15 is 0 Å². The quantitative estimate of drug-likeness (QED) is 0.622. The minimum atomic E-state index is -0.434. The number of nitrogens with one attached hydrogen (secondary N) is 2. The van der Waals surface area contributed by atoms with Crippen molar-refractivity contribution in [2.75, 3.05) is 13.7 Å². The fourth-order valence-electron chi connectivity index (χ4n) is 1.79. The number of rotatable bonds is 6. The molecule has 0 spiro atoms. The molecule has 0 saturated heterocycles. The summed E-state index contributed by atoms with van der Waals surface area (Å²) in [6.45, 7) is -0.187. The number of methoxy groups -OCH3 is 1. The Balaban J connectivity index is 1.80. The van der Waals surface area contributed by atoms with Crippen LogP contribution in [0, 0.1) is 0 Å². The molecule has 0 radical (unpaired) electrons. The lowest BCUT2D eigenvalue weighted by Gasteiger charge is -2.05. The van der Waals surface area contributed by atoms with Gasteiger partial charge in [-0.05, 0) is 35.9 Å². The Hall–Kier alpha value is -2.86. The molecule has 0 atom stereocenters. The fourth-order valence-corrected chi connectivity index (χ4v) is 1.92. The summed E-state index contributed by atoms with van der Waals surface area (Å²) in [5.74, 6) is -0.234. The van der Waals surface area contributed by atoms with E-state index in [9.17, 15) is 9.59 Å². The van der Waals surface area contributed by atoms with Crippen LogP contribution in [-0.2, 0) is 4.79 Å². The Morgan fingerprint density at radius 3 is 2.67 bits per heavy atom.